The van der Waals surface area contributed by atoms with Crippen LogP contribution >= 0.6 is 23.2 Å². The van der Waals surface area contributed by atoms with E-state index >= 15 is 0 Å². The summed E-state index contributed by atoms with van der Waals surface area (Å²) in [6, 6.07) is 19.9. The van der Waals surface area contributed by atoms with Crippen LogP contribution in [0.5, 0.6) is 0 Å². The molecule has 2 aliphatic rings. The van der Waals surface area contributed by atoms with E-state index in [1.807, 2.05) is 54.3 Å². The fourth-order valence-electron chi connectivity index (χ4n) is 6.27. The fourth-order valence-corrected chi connectivity index (χ4v) is 7.46. The zero-order chi connectivity index (χ0) is 29.4. The molecule has 0 N–H and O–H groups in total. The van der Waals surface area contributed by atoms with Crippen LogP contribution in [0.4, 0.5) is 5.82 Å². The molecular weight excluding hydrogens is 577 g/mol. The van der Waals surface area contributed by atoms with Crippen molar-refractivity contribution in [2.45, 2.75) is 50.6 Å². The lowest BCUT2D eigenvalue weighted by molar-refractivity contribution is -0.154. The number of hydrogen-bond donors (Lipinski definition) is 0. The van der Waals surface area contributed by atoms with E-state index in [1.54, 1.807) is 30.5 Å². The van der Waals surface area contributed by atoms with Crippen LogP contribution in [-0.4, -0.2) is 43.1 Å². The number of pyridine rings is 1. The molecule has 1 aromatic heterocycles. The number of likely N-dealkylation sites (tertiary alicyclic amines) is 1. The first-order valence-electron chi connectivity index (χ1n) is 13.8. The Hall–Kier alpha value is -2.87. The quantitative estimate of drug-likeness (QED) is 0.226. The van der Waals surface area contributed by atoms with Crippen molar-refractivity contribution in [1.29, 1.82) is 0 Å². The molecule has 9 heteroatoms. The van der Waals surface area contributed by atoms with Crippen LogP contribution in [0.1, 0.15) is 55.7 Å². The first-order valence-corrected chi connectivity index (χ1v) is 16.5. The van der Waals surface area contributed by atoms with E-state index in [0.717, 1.165) is 24.0 Å². The molecule has 0 bridgehead atoms. The summed E-state index contributed by atoms with van der Waals surface area (Å²) in [6.45, 7) is 6.08. The van der Waals surface area contributed by atoms with Crippen molar-refractivity contribution in [3.8, 4) is 0 Å². The molecule has 216 valence electrons. The van der Waals surface area contributed by atoms with Gasteiger partial charge in [0.2, 0.25) is 15.9 Å². The average molecular weight is 613 g/mol. The number of hydrogen-bond acceptors (Lipinski definition) is 4. The van der Waals surface area contributed by atoms with Gasteiger partial charge in [-0.25, -0.2) is 13.4 Å². The Morgan fingerprint density at radius 3 is 2.39 bits per heavy atom. The molecule has 2 aromatic carbocycles. The van der Waals surface area contributed by atoms with Gasteiger partial charge in [0, 0.05) is 22.2 Å². The van der Waals surface area contributed by atoms with Crippen LogP contribution in [0.3, 0.4) is 0 Å². The van der Waals surface area contributed by atoms with Crippen LogP contribution in [0.2, 0.25) is 10.0 Å². The van der Waals surface area contributed by atoms with Crippen molar-refractivity contribution in [2.75, 3.05) is 17.1 Å². The van der Waals surface area contributed by atoms with Gasteiger partial charge in [0.1, 0.15) is 5.82 Å². The Bertz CT molecular complexity index is 1510. The van der Waals surface area contributed by atoms with Gasteiger partial charge in [0.15, 0.2) is 0 Å². The van der Waals surface area contributed by atoms with E-state index in [9.17, 15) is 13.2 Å². The zero-order valence-electron chi connectivity index (χ0n) is 23.3. The highest BCUT2D eigenvalue weighted by molar-refractivity contribution is 7.92. The lowest BCUT2D eigenvalue weighted by atomic mass is 9.67. The van der Waals surface area contributed by atoms with Crippen molar-refractivity contribution >= 4 is 45.0 Å². The zero-order valence-corrected chi connectivity index (χ0v) is 25.6. The van der Waals surface area contributed by atoms with Gasteiger partial charge in [0.25, 0.3) is 0 Å². The van der Waals surface area contributed by atoms with Crippen LogP contribution < -0.4 is 4.31 Å². The molecule has 1 saturated heterocycles. The number of benzene rings is 2. The number of nitrogens with zero attached hydrogens (tertiary/aromatic N) is 3. The van der Waals surface area contributed by atoms with Gasteiger partial charge < -0.3 is 4.90 Å². The van der Waals surface area contributed by atoms with Crippen molar-refractivity contribution < 1.29 is 13.2 Å². The van der Waals surface area contributed by atoms with E-state index < -0.39 is 15.4 Å². The average Bonchev–Trinajstić information content (AvgIpc) is 3.77. The predicted octanol–water partition coefficient (Wildman–Crippen LogP) is 7.27. The van der Waals surface area contributed by atoms with E-state index in [0.29, 0.717) is 28.7 Å². The standard InChI is InChI=1S/C32H35Cl2N3O3S/c1-4-17-32(2)20-27(24-8-7-9-26(34)19-24)30(23-13-15-25(33)16-14-23)37(31(32)38)28(22-11-12-22)21-36(41(3,39)40)29-10-5-6-18-35-29/h4-10,13-16,18-19,22,27-28,30H,1,11-12,17,20-21H2,2-3H3/t27-,28?,30-,32+/m1/s1. The molecule has 3 aromatic rings. The van der Waals surface area contributed by atoms with E-state index in [1.165, 1.54) is 10.6 Å². The van der Waals surface area contributed by atoms with Gasteiger partial charge in [0.05, 0.1) is 30.3 Å². The third-order valence-corrected chi connectivity index (χ3v) is 9.99. The Kier molecular flexibility index (Phi) is 8.51. The van der Waals surface area contributed by atoms with Crippen LogP contribution in [0, 0.1) is 11.3 Å². The first-order chi connectivity index (χ1) is 19.5. The molecule has 0 radical (unpaired) electrons. The van der Waals surface area contributed by atoms with Crippen LogP contribution in [-0.2, 0) is 14.8 Å². The van der Waals surface area contributed by atoms with Gasteiger partial charge in [-0.15, -0.1) is 6.58 Å². The highest BCUT2D eigenvalue weighted by Crippen LogP contribution is 2.54. The second kappa shape index (κ2) is 11.8. The first kappa shape index (κ1) is 29.6. The summed E-state index contributed by atoms with van der Waals surface area (Å²) in [7, 11) is -3.69. The highest BCUT2D eigenvalue weighted by atomic mass is 35.5. The van der Waals surface area contributed by atoms with Gasteiger partial charge >= 0.3 is 0 Å². The molecule has 2 fully saturated rings. The van der Waals surface area contributed by atoms with Gasteiger partial charge in [-0.05, 0) is 79.1 Å². The smallest absolute Gasteiger partial charge is 0.233 e. The number of sulfonamides is 1. The SMILES string of the molecule is C=CC[C@@]1(C)C[C@H](c2cccc(Cl)c2)[C@@H](c2ccc(Cl)cc2)N(C(CN(c2ccccn2)S(C)(=O)=O)C2CC2)C1=O. The number of aromatic nitrogens is 1. The fraction of sp³-hybridized carbons (Fsp3) is 0.375. The third-order valence-electron chi connectivity index (χ3n) is 8.37. The molecule has 6 nitrogen and oxygen atoms in total. The molecule has 1 saturated carbocycles. The molecule has 1 unspecified atom stereocenters. The number of halogens is 2. The molecular formula is C32H35Cl2N3O3S. The third kappa shape index (κ3) is 6.32. The van der Waals surface area contributed by atoms with Gasteiger partial charge in [-0.3, -0.25) is 9.10 Å². The van der Waals surface area contributed by atoms with Crippen molar-refractivity contribution in [2.24, 2.45) is 11.3 Å². The Morgan fingerprint density at radius 1 is 1.07 bits per heavy atom. The van der Waals surface area contributed by atoms with Crippen molar-refractivity contribution in [3.63, 3.8) is 0 Å². The van der Waals surface area contributed by atoms with E-state index in [4.69, 9.17) is 23.2 Å². The molecule has 1 aliphatic carbocycles. The van der Waals surface area contributed by atoms with E-state index in [2.05, 4.69) is 17.6 Å². The lowest BCUT2D eigenvalue weighted by Gasteiger charge is -2.52. The summed E-state index contributed by atoms with van der Waals surface area (Å²) in [5.74, 6) is 0.406. The highest BCUT2D eigenvalue weighted by Gasteiger charge is 2.54. The van der Waals surface area contributed by atoms with Crippen molar-refractivity contribution in [3.05, 3.63) is 107 Å². The Balaban J connectivity index is 1.69. The normalized spacial score (nSPS) is 23.7. The minimum atomic E-state index is -3.69. The van der Waals surface area contributed by atoms with E-state index in [-0.39, 0.29) is 36.4 Å². The van der Waals surface area contributed by atoms with Crippen LogP contribution in [0.25, 0.3) is 0 Å². The number of piperidine rings is 1. The van der Waals surface area contributed by atoms with Crippen molar-refractivity contribution in [1.82, 2.24) is 9.88 Å². The summed E-state index contributed by atoms with van der Waals surface area (Å²) in [5, 5.41) is 1.23. The van der Waals surface area contributed by atoms with Crippen LogP contribution in [0.15, 0.2) is 85.6 Å². The summed E-state index contributed by atoms with van der Waals surface area (Å²) in [6.07, 6.45) is 7.50. The summed E-state index contributed by atoms with van der Waals surface area (Å²) in [4.78, 5) is 21.1. The monoisotopic (exact) mass is 611 g/mol. The lowest BCUT2D eigenvalue weighted by Crippen LogP contribution is -2.59. The number of carbonyl (C=O) groups is 1. The van der Waals surface area contributed by atoms with Gasteiger partial charge in [-0.2, -0.15) is 0 Å². The number of anilines is 1. The summed E-state index contributed by atoms with van der Waals surface area (Å²) < 4.78 is 27.7. The molecule has 0 spiro atoms. The number of amides is 1. The Morgan fingerprint density at radius 2 is 1.80 bits per heavy atom. The summed E-state index contributed by atoms with van der Waals surface area (Å²) in [5.41, 5.74) is 1.25. The number of allylic oxidation sites excluding steroid dienone is 1. The molecule has 4 atom stereocenters. The predicted molar refractivity (Wildman–Crippen MR) is 166 cm³/mol. The maximum Gasteiger partial charge on any atom is 0.233 e. The van der Waals surface area contributed by atoms with Gasteiger partial charge in [-0.1, -0.05) is 66.5 Å². The number of rotatable bonds is 10. The molecule has 5 rings (SSSR count). The second-order valence-electron chi connectivity index (χ2n) is 11.5. The number of carbonyl (C=O) groups excluding carboxylic acids is 1. The molecule has 2 heterocycles. The maximum absolute atomic E-state index is 14.7. The molecule has 1 amide bonds. The topological polar surface area (TPSA) is 70.6 Å². The summed E-state index contributed by atoms with van der Waals surface area (Å²) >= 11 is 12.8. The second-order valence-corrected chi connectivity index (χ2v) is 14.3. The minimum Gasteiger partial charge on any atom is -0.329 e. The molecule has 41 heavy (non-hydrogen) atoms. The molecule has 1 aliphatic heterocycles. The minimum absolute atomic E-state index is 0.00185. The largest absolute Gasteiger partial charge is 0.329 e. The Labute approximate surface area is 253 Å². The maximum atomic E-state index is 14.7.